The molecule has 0 radical (unpaired) electrons. The molecule has 3 nitrogen and oxygen atoms in total. The van der Waals surface area contributed by atoms with Gasteiger partial charge in [0.25, 0.3) is 0 Å². The Hall–Kier alpha value is -2.42. The summed E-state index contributed by atoms with van der Waals surface area (Å²) in [4.78, 5) is 26.7. The maximum Gasteiger partial charge on any atom is 0.241 e. The van der Waals surface area contributed by atoms with E-state index in [1.165, 1.54) is 4.90 Å². The van der Waals surface area contributed by atoms with Crippen molar-refractivity contribution in [1.29, 1.82) is 0 Å². The molecule has 22 heavy (non-hydrogen) atoms. The normalized spacial score (nSPS) is 18.1. The van der Waals surface area contributed by atoms with Gasteiger partial charge in [-0.05, 0) is 37.5 Å². The number of nitrogens with zero attached hydrogens (tertiary/aromatic N) is 1. The highest BCUT2D eigenvalue weighted by molar-refractivity contribution is 6.23. The zero-order valence-electron chi connectivity index (χ0n) is 13.1. The van der Waals surface area contributed by atoms with Gasteiger partial charge in [-0.2, -0.15) is 0 Å². The fourth-order valence-electron chi connectivity index (χ4n) is 3.34. The van der Waals surface area contributed by atoms with Gasteiger partial charge in [-0.3, -0.25) is 9.59 Å². The predicted molar refractivity (Wildman–Crippen MR) is 86.9 cm³/mol. The number of benzene rings is 2. The molecule has 2 aromatic rings. The number of amides is 2. The standard InChI is InChI=1S/C19H19NO2/c1-12-9-13(2)18(14(3)10-12)20-17(21)11-16(19(20)22)15-7-5-4-6-8-15/h4-10,16H,11H2,1-3H3. The monoisotopic (exact) mass is 293 g/mol. The number of carbonyl (C=O) groups excluding carboxylic acids is 2. The fraction of sp³-hybridized carbons (Fsp3) is 0.263. The Morgan fingerprint density at radius 1 is 0.955 bits per heavy atom. The van der Waals surface area contributed by atoms with Crippen LogP contribution >= 0.6 is 0 Å². The predicted octanol–water partition coefficient (Wildman–Crippen LogP) is 3.66. The first-order valence-electron chi connectivity index (χ1n) is 7.48. The molecule has 1 aliphatic heterocycles. The molecule has 3 rings (SSSR count). The van der Waals surface area contributed by atoms with Crippen LogP contribution in [-0.2, 0) is 9.59 Å². The lowest BCUT2D eigenvalue weighted by Gasteiger charge is -2.20. The minimum Gasteiger partial charge on any atom is -0.274 e. The van der Waals surface area contributed by atoms with Gasteiger partial charge in [0.05, 0.1) is 11.6 Å². The van der Waals surface area contributed by atoms with E-state index in [0.29, 0.717) is 0 Å². The molecule has 3 heteroatoms. The SMILES string of the molecule is Cc1cc(C)c(N2C(=O)CC(c3ccccc3)C2=O)c(C)c1. The van der Waals surface area contributed by atoms with Crippen molar-refractivity contribution in [2.24, 2.45) is 0 Å². The van der Waals surface area contributed by atoms with Crippen molar-refractivity contribution in [1.82, 2.24) is 0 Å². The Balaban J connectivity index is 2.03. The quantitative estimate of drug-likeness (QED) is 0.792. The molecule has 1 fully saturated rings. The summed E-state index contributed by atoms with van der Waals surface area (Å²) in [7, 11) is 0. The first kappa shape index (κ1) is 14.5. The van der Waals surface area contributed by atoms with Crippen LogP contribution in [0.2, 0.25) is 0 Å². The molecule has 2 aromatic carbocycles. The Labute approximate surface area is 130 Å². The zero-order chi connectivity index (χ0) is 15.9. The number of rotatable bonds is 2. The lowest BCUT2D eigenvalue weighted by atomic mass is 9.97. The number of hydrogen-bond acceptors (Lipinski definition) is 2. The van der Waals surface area contributed by atoms with Gasteiger partial charge in [-0.15, -0.1) is 0 Å². The average Bonchev–Trinajstić information content (AvgIpc) is 2.75. The summed E-state index contributed by atoms with van der Waals surface area (Å²) in [6, 6.07) is 13.6. The highest BCUT2D eigenvalue weighted by atomic mass is 16.2. The van der Waals surface area contributed by atoms with E-state index < -0.39 is 0 Å². The summed E-state index contributed by atoms with van der Waals surface area (Å²) in [5.41, 5.74) is 4.73. The molecule has 0 aromatic heterocycles. The first-order chi connectivity index (χ1) is 10.5. The molecule has 112 valence electrons. The summed E-state index contributed by atoms with van der Waals surface area (Å²) in [6.07, 6.45) is 0.246. The highest BCUT2D eigenvalue weighted by Gasteiger charge is 2.41. The van der Waals surface area contributed by atoms with Crippen LogP contribution < -0.4 is 4.90 Å². The molecule has 1 unspecified atom stereocenters. The molecular formula is C19H19NO2. The van der Waals surface area contributed by atoms with E-state index in [1.807, 2.05) is 63.2 Å². The van der Waals surface area contributed by atoms with Crippen molar-refractivity contribution in [3.8, 4) is 0 Å². The Morgan fingerprint density at radius 2 is 1.55 bits per heavy atom. The van der Waals surface area contributed by atoms with Gasteiger partial charge in [0, 0.05) is 6.42 Å². The summed E-state index contributed by atoms with van der Waals surface area (Å²) >= 11 is 0. The van der Waals surface area contributed by atoms with Crippen molar-refractivity contribution in [2.45, 2.75) is 33.1 Å². The minimum absolute atomic E-state index is 0.117. The van der Waals surface area contributed by atoms with E-state index in [4.69, 9.17) is 0 Å². The number of hydrogen-bond donors (Lipinski definition) is 0. The summed E-state index contributed by atoms with van der Waals surface area (Å²) in [6.45, 7) is 5.92. The first-order valence-corrected chi connectivity index (χ1v) is 7.48. The van der Waals surface area contributed by atoms with Gasteiger partial charge in [0.1, 0.15) is 0 Å². The van der Waals surface area contributed by atoms with E-state index in [0.717, 1.165) is 27.9 Å². The van der Waals surface area contributed by atoms with Gasteiger partial charge in [-0.1, -0.05) is 48.0 Å². The third-order valence-electron chi connectivity index (χ3n) is 4.21. The van der Waals surface area contributed by atoms with E-state index in [-0.39, 0.29) is 24.2 Å². The number of imide groups is 1. The van der Waals surface area contributed by atoms with Crippen LogP contribution in [-0.4, -0.2) is 11.8 Å². The maximum atomic E-state index is 12.8. The fourth-order valence-corrected chi connectivity index (χ4v) is 3.34. The summed E-state index contributed by atoms with van der Waals surface area (Å²) < 4.78 is 0. The molecule has 1 saturated heterocycles. The Bertz CT molecular complexity index is 726. The molecule has 2 amide bonds. The van der Waals surface area contributed by atoms with Gasteiger partial charge in [-0.25, -0.2) is 4.90 Å². The van der Waals surface area contributed by atoms with E-state index in [1.54, 1.807) is 0 Å². The van der Waals surface area contributed by atoms with Crippen LogP contribution in [0.1, 0.15) is 34.6 Å². The van der Waals surface area contributed by atoms with E-state index in [9.17, 15) is 9.59 Å². The lowest BCUT2D eigenvalue weighted by molar-refractivity contribution is -0.121. The van der Waals surface area contributed by atoms with Crippen molar-refractivity contribution in [2.75, 3.05) is 4.90 Å². The van der Waals surface area contributed by atoms with Crippen molar-refractivity contribution in [3.63, 3.8) is 0 Å². The number of carbonyl (C=O) groups is 2. The second kappa shape index (κ2) is 5.41. The Kier molecular flexibility index (Phi) is 3.57. The minimum atomic E-state index is -0.367. The van der Waals surface area contributed by atoms with Crippen LogP contribution in [0.25, 0.3) is 0 Å². The van der Waals surface area contributed by atoms with Gasteiger partial charge in [0.2, 0.25) is 11.8 Å². The summed E-state index contributed by atoms with van der Waals surface area (Å²) in [5.74, 6) is -0.603. The smallest absolute Gasteiger partial charge is 0.241 e. The lowest BCUT2D eigenvalue weighted by Crippen LogP contribution is -2.31. The van der Waals surface area contributed by atoms with Crippen LogP contribution in [0.15, 0.2) is 42.5 Å². The van der Waals surface area contributed by atoms with E-state index >= 15 is 0 Å². The third kappa shape index (κ3) is 2.33. The molecule has 0 N–H and O–H groups in total. The van der Waals surface area contributed by atoms with Crippen molar-refractivity contribution >= 4 is 17.5 Å². The molecule has 0 saturated carbocycles. The number of aryl methyl sites for hydroxylation is 3. The van der Waals surface area contributed by atoms with Crippen LogP contribution in [0, 0.1) is 20.8 Å². The third-order valence-corrected chi connectivity index (χ3v) is 4.21. The van der Waals surface area contributed by atoms with Crippen LogP contribution in [0.4, 0.5) is 5.69 Å². The topological polar surface area (TPSA) is 37.4 Å². The van der Waals surface area contributed by atoms with Gasteiger partial charge >= 0.3 is 0 Å². The van der Waals surface area contributed by atoms with Crippen molar-refractivity contribution in [3.05, 3.63) is 64.7 Å². The molecule has 0 bridgehead atoms. The van der Waals surface area contributed by atoms with Crippen molar-refractivity contribution < 1.29 is 9.59 Å². The summed E-state index contributed by atoms with van der Waals surface area (Å²) in [5, 5.41) is 0. The van der Waals surface area contributed by atoms with Crippen LogP contribution in [0.3, 0.4) is 0 Å². The second-order valence-electron chi connectivity index (χ2n) is 5.98. The Morgan fingerprint density at radius 3 is 2.14 bits per heavy atom. The van der Waals surface area contributed by atoms with E-state index in [2.05, 4.69) is 0 Å². The molecule has 1 atom stereocenters. The van der Waals surface area contributed by atoms with Crippen LogP contribution in [0.5, 0.6) is 0 Å². The molecule has 0 spiro atoms. The van der Waals surface area contributed by atoms with Gasteiger partial charge in [0.15, 0.2) is 0 Å². The maximum absolute atomic E-state index is 12.8. The second-order valence-corrected chi connectivity index (χ2v) is 5.98. The zero-order valence-corrected chi connectivity index (χ0v) is 13.1. The average molecular weight is 293 g/mol. The largest absolute Gasteiger partial charge is 0.274 e. The molecule has 1 aliphatic rings. The molecular weight excluding hydrogens is 274 g/mol. The highest BCUT2D eigenvalue weighted by Crippen LogP contribution is 2.36. The van der Waals surface area contributed by atoms with Gasteiger partial charge < -0.3 is 0 Å². The molecule has 0 aliphatic carbocycles. The number of anilines is 1. The molecule has 1 heterocycles.